The van der Waals surface area contributed by atoms with E-state index in [0.29, 0.717) is 0 Å². The topological polar surface area (TPSA) is 24.9 Å². The first-order valence-electron chi connectivity index (χ1n) is 6.17. The van der Waals surface area contributed by atoms with Gasteiger partial charge in [0.2, 0.25) is 0 Å². The quantitative estimate of drug-likeness (QED) is 0.874. The molecule has 0 aliphatic carbocycles. The van der Waals surface area contributed by atoms with Crippen LogP contribution in [-0.2, 0) is 6.42 Å². The average Bonchev–Trinajstić information content (AvgIpc) is 2.39. The van der Waals surface area contributed by atoms with Crippen molar-refractivity contribution in [2.45, 2.75) is 19.4 Å². The maximum Gasteiger partial charge on any atom is 0.123 e. The van der Waals surface area contributed by atoms with Gasteiger partial charge in [0.05, 0.1) is 0 Å². The van der Waals surface area contributed by atoms with Crippen molar-refractivity contribution < 1.29 is 4.39 Å². The largest absolute Gasteiger partial charge is 0.310 e. The number of likely N-dealkylation sites (N-methyl/N-ethyl adjacent to an activating group) is 1. The predicted octanol–water partition coefficient (Wildman–Crippen LogP) is 3.11. The lowest BCUT2D eigenvalue weighted by molar-refractivity contribution is 0.545. The normalized spacial score (nSPS) is 12.3. The highest BCUT2D eigenvalue weighted by molar-refractivity contribution is 5.22. The molecule has 1 N–H and O–H groups in total. The molecular formula is C15H17FN2. The zero-order chi connectivity index (χ0) is 12.8. The van der Waals surface area contributed by atoms with E-state index in [2.05, 4.69) is 17.2 Å². The van der Waals surface area contributed by atoms with Crippen LogP contribution in [0.25, 0.3) is 0 Å². The number of hydrogen-bond donors (Lipinski definition) is 1. The molecule has 0 saturated carbocycles. The van der Waals surface area contributed by atoms with Gasteiger partial charge in [0, 0.05) is 18.4 Å². The van der Waals surface area contributed by atoms with E-state index >= 15 is 0 Å². The minimum absolute atomic E-state index is 0.172. The van der Waals surface area contributed by atoms with E-state index in [1.807, 2.05) is 24.4 Å². The van der Waals surface area contributed by atoms with Crippen LogP contribution in [0.5, 0.6) is 0 Å². The van der Waals surface area contributed by atoms with Gasteiger partial charge in [-0.3, -0.25) is 4.98 Å². The Morgan fingerprint density at radius 3 is 2.83 bits per heavy atom. The van der Waals surface area contributed by atoms with E-state index in [4.69, 9.17) is 0 Å². The van der Waals surface area contributed by atoms with Gasteiger partial charge in [-0.2, -0.15) is 0 Å². The van der Waals surface area contributed by atoms with Crippen molar-refractivity contribution in [2.24, 2.45) is 0 Å². The van der Waals surface area contributed by atoms with Gasteiger partial charge in [-0.15, -0.1) is 0 Å². The average molecular weight is 244 g/mol. The van der Waals surface area contributed by atoms with Gasteiger partial charge < -0.3 is 5.32 Å². The summed E-state index contributed by atoms with van der Waals surface area (Å²) < 4.78 is 13.2. The molecule has 2 aromatic rings. The molecule has 0 aliphatic rings. The summed E-state index contributed by atoms with van der Waals surface area (Å²) in [6.07, 6.45) is 4.37. The molecule has 3 heteroatoms. The number of benzene rings is 1. The summed E-state index contributed by atoms with van der Waals surface area (Å²) in [5, 5.41) is 3.40. The van der Waals surface area contributed by atoms with Crippen LogP contribution in [0.3, 0.4) is 0 Å². The molecule has 1 aromatic heterocycles. The highest BCUT2D eigenvalue weighted by Gasteiger charge is 2.11. The number of nitrogens with zero attached hydrogens (tertiary/aromatic N) is 1. The Balaban J connectivity index is 2.16. The molecule has 1 aromatic carbocycles. The lowest BCUT2D eigenvalue weighted by Crippen LogP contribution is -2.23. The van der Waals surface area contributed by atoms with E-state index in [1.54, 1.807) is 18.3 Å². The molecule has 0 fully saturated rings. The Kier molecular flexibility index (Phi) is 4.42. The first kappa shape index (κ1) is 12.7. The lowest BCUT2D eigenvalue weighted by Gasteiger charge is -2.18. The molecule has 1 heterocycles. The van der Waals surface area contributed by atoms with Gasteiger partial charge in [0.15, 0.2) is 0 Å². The summed E-state index contributed by atoms with van der Waals surface area (Å²) in [6, 6.07) is 10.9. The Bertz CT molecular complexity index is 485. The van der Waals surface area contributed by atoms with Gasteiger partial charge in [0.25, 0.3) is 0 Å². The first-order valence-corrected chi connectivity index (χ1v) is 6.17. The zero-order valence-corrected chi connectivity index (χ0v) is 10.4. The summed E-state index contributed by atoms with van der Waals surface area (Å²) in [5.41, 5.74) is 2.12. The van der Waals surface area contributed by atoms with Crippen LogP contribution >= 0.6 is 0 Å². The Morgan fingerprint density at radius 2 is 2.17 bits per heavy atom. The smallest absolute Gasteiger partial charge is 0.123 e. The fourth-order valence-electron chi connectivity index (χ4n) is 2.04. The molecule has 18 heavy (non-hydrogen) atoms. The summed E-state index contributed by atoms with van der Waals surface area (Å²) in [4.78, 5) is 4.13. The van der Waals surface area contributed by atoms with Gasteiger partial charge in [-0.1, -0.05) is 25.1 Å². The molecule has 2 rings (SSSR count). The summed E-state index contributed by atoms with van der Waals surface area (Å²) in [5.74, 6) is -0.186. The first-order chi connectivity index (χ1) is 8.79. The molecule has 0 amide bonds. The third-order valence-electron chi connectivity index (χ3n) is 2.87. The number of hydrogen-bond acceptors (Lipinski definition) is 2. The number of pyridine rings is 1. The lowest BCUT2D eigenvalue weighted by atomic mass is 10.00. The van der Waals surface area contributed by atoms with Crippen molar-refractivity contribution in [1.29, 1.82) is 0 Å². The van der Waals surface area contributed by atoms with Crippen LogP contribution in [0.2, 0.25) is 0 Å². The van der Waals surface area contributed by atoms with E-state index < -0.39 is 0 Å². The third kappa shape index (κ3) is 3.37. The molecule has 1 unspecified atom stereocenters. The van der Waals surface area contributed by atoms with Crippen LogP contribution in [0.1, 0.15) is 24.1 Å². The Labute approximate surface area is 107 Å². The molecule has 0 spiro atoms. The third-order valence-corrected chi connectivity index (χ3v) is 2.87. The number of aromatic nitrogens is 1. The molecule has 0 aliphatic heterocycles. The molecule has 2 nitrogen and oxygen atoms in total. The fraction of sp³-hybridized carbons (Fsp3) is 0.267. The minimum Gasteiger partial charge on any atom is -0.310 e. The maximum absolute atomic E-state index is 13.2. The molecular weight excluding hydrogens is 227 g/mol. The molecule has 0 saturated heterocycles. The molecule has 0 radical (unpaired) electrons. The molecule has 94 valence electrons. The second-order valence-electron chi connectivity index (χ2n) is 4.23. The van der Waals surface area contributed by atoms with Crippen LogP contribution in [0.4, 0.5) is 4.39 Å². The predicted molar refractivity (Wildman–Crippen MR) is 70.8 cm³/mol. The zero-order valence-electron chi connectivity index (χ0n) is 10.4. The molecule has 1 atom stereocenters. The summed E-state index contributed by atoms with van der Waals surface area (Å²) >= 11 is 0. The van der Waals surface area contributed by atoms with Crippen LogP contribution in [0, 0.1) is 5.82 Å². The highest BCUT2D eigenvalue weighted by Crippen LogP contribution is 2.18. The van der Waals surface area contributed by atoms with E-state index in [9.17, 15) is 4.39 Å². The number of nitrogens with one attached hydrogen (secondary N) is 1. The van der Waals surface area contributed by atoms with Crippen molar-refractivity contribution in [2.75, 3.05) is 6.54 Å². The number of rotatable bonds is 5. The van der Waals surface area contributed by atoms with Gasteiger partial charge in [-0.25, -0.2) is 4.39 Å². The van der Waals surface area contributed by atoms with Gasteiger partial charge in [0.1, 0.15) is 5.82 Å². The van der Waals surface area contributed by atoms with Crippen molar-refractivity contribution in [3.8, 4) is 0 Å². The second kappa shape index (κ2) is 6.26. The summed E-state index contributed by atoms with van der Waals surface area (Å²) in [7, 11) is 0. The van der Waals surface area contributed by atoms with Crippen LogP contribution in [-0.4, -0.2) is 11.5 Å². The maximum atomic E-state index is 13.2. The van der Waals surface area contributed by atoms with E-state index in [-0.39, 0.29) is 11.9 Å². The standard InChI is InChI=1S/C15H17FN2/c1-2-18-15(13-6-4-8-17-11-13)10-12-5-3-7-14(16)9-12/h3-9,11,15,18H,2,10H2,1H3. The van der Waals surface area contributed by atoms with Gasteiger partial charge >= 0.3 is 0 Å². The minimum atomic E-state index is -0.186. The van der Waals surface area contributed by atoms with Gasteiger partial charge in [-0.05, 0) is 42.3 Å². The van der Waals surface area contributed by atoms with Crippen LogP contribution in [0.15, 0.2) is 48.8 Å². The Morgan fingerprint density at radius 1 is 1.28 bits per heavy atom. The number of halogens is 1. The summed E-state index contributed by atoms with van der Waals surface area (Å²) in [6.45, 7) is 2.93. The monoisotopic (exact) mass is 244 g/mol. The van der Waals surface area contributed by atoms with Crippen molar-refractivity contribution in [3.63, 3.8) is 0 Å². The van der Waals surface area contributed by atoms with Crippen LogP contribution < -0.4 is 5.32 Å². The Hall–Kier alpha value is -1.74. The van der Waals surface area contributed by atoms with Crippen molar-refractivity contribution >= 4 is 0 Å². The highest BCUT2D eigenvalue weighted by atomic mass is 19.1. The molecule has 0 bridgehead atoms. The second-order valence-corrected chi connectivity index (χ2v) is 4.23. The fourth-order valence-corrected chi connectivity index (χ4v) is 2.04. The van der Waals surface area contributed by atoms with Crippen molar-refractivity contribution in [1.82, 2.24) is 10.3 Å². The van der Waals surface area contributed by atoms with E-state index in [0.717, 1.165) is 24.1 Å². The van der Waals surface area contributed by atoms with E-state index in [1.165, 1.54) is 6.07 Å². The SMILES string of the molecule is CCNC(Cc1cccc(F)c1)c1cccnc1. The van der Waals surface area contributed by atoms with Crippen molar-refractivity contribution in [3.05, 3.63) is 65.7 Å².